The number of halogens is 1. The van der Waals surface area contributed by atoms with Crippen LogP contribution in [0.1, 0.15) is 5.56 Å². The standard InChI is InChI=1S/C18H15ClN4/c1-22(2)17-5-7-21-12-14(17)10-16(11-20)23-8-6-13-9-15(19)3-4-18(13)23/h3-10,12H,1-2H3/b16-10-. The minimum atomic E-state index is 0.526. The maximum atomic E-state index is 9.60. The van der Waals surface area contributed by atoms with Crippen LogP contribution < -0.4 is 4.90 Å². The number of benzene rings is 1. The Labute approximate surface area is 139 Å². The second kappa shape index (κ2) is 6.15. The second-order valence-corrected chi connectivity index (χ2v) is 5.80. The Hall–Kier alpha value is -2.77. The van der Waals surface area contributed by atoms with Crippen molar-refractivity contribution in [3.05, 3.63) is 59.5 Å². The van der Waals surface area contributed by atoms with Crippen LogP contribution in [-0.4, -0.2) is 23.6 Å². The lowest BCUT2D eigenvalue weighted by atomic mass is 10.2. The summed E-state index contributed by atoms with van der Waals surface area (Å²) in [4.78, 5) is 6.16. The molecule has 2 heterocycles. The van der Waals surface area contributed by atoms with Gasteiger partial charge in [-0.3, -0.25) is 4.98 Å². The summed E-state index contributed by atoms with van der Waals surface area (Å²) in [7, 11) is 3.93. The average molecular weight is 323 g/mol. The van der Waals surface area contributed by atoms with Crippen molar-refractivity contribution < 1.29 is 0 Å². The first-order valence-electron chi connectivity index (χ1n) is 7.10. The predicted molar refractivity (Wildman–Crippen MR) is 95.3 cm³/mol. The monoisotopic (exact) mass is 322 g/mol. The molecule has 0 fully saturated rings. The summed E-state index contributed by atoms with van der Waals surface area (Å²) in [5, 5.41) is 11.3. The molecule has 114 valence electrons. The lowest BCUT2D eigenvalue weighted by Gasteiger charge is -2.15. The molecule has 23 heavy (non-hydrogen) atoms. The number of allylic oxidation sites excluding steroid dienone is 1. The van der Waals surface area contributed by atoms with Gasteiger partial charge in [-0.1, -0.05) is 11.6 Å². The summed E-state index contributed by atoms with van der Waals surface area (Å²) in [6.07, 6.45) is 7.22. The minimum Gasteiger partial charge on any atom is -0.377 e. The molecule has 1 aromatic carbocycles. The van der Waals surface area contributed by atoms with E-state index in [4.69, 9.17) is 11.6 Å². The smallest absolute Gasteiger partial charge is 0.125 e. The highest BCUT2D eigenvalue weighted by molar-refractivity contribution is 6.31. The number of nitrogens with zero attached hydrogens (tertiary/aromatic N) is 4. The molecule has 0 radical (unpaired) electrons. The Bertz CT molecular complexity index is 932. The Morgan fingerprint density at radius 2 is 2.13 bits per heavy atom. The largest absolute Gasteiger partial charge is 0.377 e. The van der Waals surface area contributed by atoms with Crippen LogP contribution in [0.4, 0.5) is 5.69 Å². The van der Waals surface area contributed by atoms with Crippen molar-refractivity contribution in [2.45, 2.75) is 0 Å². The van der Waals surface area contributed by atoms with E-state index in [-0.39, 0.29) is 0 Å². The molecule has 0 unspecified atom stereocenters. The molecule has 0 aliphatic carbocycles. The third kappa shape index (κ3) is 2.92. The van der Waals surface area contributed by atoms with E-state index in [1.807, 2.05) is 66.2 Å². The third-order valence-electron chi connectivity index (χ3n) is 3.63. The van der Waals surface area contributed by atoms with Gasteiger partial charge in [-0.2, -0.15) is 5.26 Å². The van der Waals surface area contributed by atoms with Crippen LogP contribution in [0.25, 0.3) is 22.7 Å². The molecule has 2 aromatic heterocycles. The Morgan fingerprint density at radius 1 is 1.30 bits per heavy atom. The SMILES string of the molecule is CN(C)c1ccncc1/C=C(/C#N)n1ccc2cc(Cl)ccc21. The fourth-order valence-corrected chi connectivity index (χ4v) is 2.72. The van der Waals surface area contributed by atoms with Crippen LogP contribution >= 0.6 is 11.6 Å². The van der Waals surface area contributed by atoms with Gasteiger partial charge in [0.15, 0.2) is 0 Å². The normalized spacial score (nSPS) is 11.5. The summed E-state index contributed by atoms with van der Waals surface area (Å²) in [5.41, 5.74) is 3.37. The van der Waals surface area contributed by atoms with Crippen molar-refractivity contribution in [3.8, 4) is 6.07 Å². The zero-order valence-electron chi connectivity index (χ0n) is 12.9. The van der Waals surface area contributed by atoms with E-state index in [0.29, 0.717) is 10.7 Å². The van der Waals surface area contributed by atoms with Gasteiger partial charge in [-0.25, -0.2) is 0 Å². The Kier molecular flexibility index (Phi) is 4.05. The van der Waals surface area contributed by atoms with Crippen LogP contribution in [0.3, 0.4) is 0 Å². The highest BCUT2D eigenvalue weighted by atomic mass is 35.5. The molecule has 3 aromatic rings. The van der Waals surface area contributed by atoms with Gasteiger partial charge in [0, 0.05) is 54.3 Å². The third-order valence-corrected chi connectivity index (χ3v) is 3.86. The molecule has 0 saturated heterocycles. The predicted octanol–water partition coefficient (Wildman–Crippen LogP) is 4.28. The molecule has 0 aliphatic rings. The molecule has 0 amide bonds. The number of fused-ring (bicyclic) bond motifs is 1. The summed E-state index contributed by atoms with van der Waals surface area (Å²) in [5.74, 6) is 0. The van der Waals surface area contributed by atoms with Gasteiger partial charge in [-0.15, -0.1) is 0 Å². The number of pyridine rings is 1. The molecule has 3 rings (SSSR count). The van der Waals surface area contributed by atoms with Crippen LogP contribution in [0, 0.1) is 11.3 Å². The first kappa shape index (κ1) is 15.1. The Morgan fingerprint density at radius 3 is 2.87 bits per heavy atom. The van der Waals surface area contributed by atoms with E-state index in [2.05, 4.69) is 11.1 Å². The summed E-state index contributed by atoms with van der Waals surface area (Å²) >= 11 is 6.02. The fraction of sp³-hybridized carbons (Fsp3) is 0.111. The first-order valence-corrected chi connectivity index (χ1v) is 7.48. The van der Waals surface area contributed by atoms with E-state index in [1.165, 1.54) is 0 Å². The highest BCUT2D eigenvalue weighted by Gasteiger charge is 2.08. The minimum absolute atomic E-state index is 0.526. The molecule has 0 bridgehead atoms. The maximum absolute atomic E-state index is 9.60. The molecule has 0 spiro atoms. The van der Waals surface area contributed by atoms with Crippen molar-refractivity contribution >= 4 is 40.0 Å². The van der Waals surface area contributed by atoms with Crippen molar-refractivity contribution in [1.82, 2.24) is 9.55 Å². The Balaban J connectivity index is 2.15. The molecule has 0 aliphatic heterocycles. The molecule has 5 heteroatoms. The summed E-state index contributed by atoms with van der Waals surface area (Å²) in [6.45, 7) is 0. The van der Waals surface area contributed by atoms with Crippen molar-refractivity contribution in [3.63, 3.8) is 0 Å². The van der Waals surface area contributed by atoms with E-state index in [9.17, 15) is 5.26 Å². The van der Waals surface area contributed by atoms with Gasteiger partial charge < -0.3 is 9.47 Å². The van der Waals surface area contributed by atoms with E-state index < -0.39 is 0 Å². The highest BCUT2D eigenvalue weighted by Crippen LogP contribution is 2.26. The van der Waals surface area contributed by atoms with Gasteiger partial charge in [0.25, 0.3) is 0 Å². The first-order chi connectivity index (χ1) is 11.1. The average Bonchev–Trinajstić information content (AvgIpc) is 2.95. The maximum Gasteiger partial charge on any atom is 0.125 e. The van der Waals surface area contributed by atoms with Gasteiger partial charge >= 0.3 is 0 Å². The molecular formula is C18H15ClN4. The van der Waals surface area contributed by atoms with Gasteiger partial charge in [-0.05, 0) is 36.4 Å². The zero-order chi connectivity index (χ0) is 16.4. The van der Waals surface area contributed by atoms with Gasteiger partial charge in [0.1, 0.15) is 11.8 Å². The van der Waals surface area contributed by atoms with Crippen molar-refractivity contribution in [2.75, 3.05) is 19.0 Å². The number of hydrogen-bond donors (Lipinski definition) is 0. The van der Waals surface area contributed by atoms with Crippen LogP contribution in [0.5, 0.6) is 0 Å². The topological polar surface area (TPSA) is 44.9 Å². The zero-order valence-corrected chi connectivity index (χ0v) is 13.6. The van der Waals surface area contributed by atoms with E-state index in [1.54, 1.807) is 12.4 Å². The van der Waals surface area contributed by atoms with Crippen LogP contribution in [0.15, 0.2) is 48.9 Å². The molecule has 0 N–H and O–H groups in total. The summed E-state index contributed by atoms with van der Waals surface area (Å²) < 4.78 is 1.86. The lowest BCUT2D eigenvalue weighted by molar-refractivity contribution is 1.11. The van der Waals surface area contributed by atoms with Crippen molar-refractivity contribution in [2.24, 2.45) is 0 Å². The van der Waals surface area contributed by atoms with Gasteiger partial charge in [0.05, 0.1) is 5.52 Å². The molecule has 0 saturated carbocycles. The van der Waals surface area contributed by atoms with Crippen molar-refractivity contribution in [1.29, 1.82) is 5.26 Å². The van der Waals surface area contributed by atoms with Crippen LogP contribution in [0.2, 0.25) is 5.02 Å². The lowest BCUT2D eigenvalue weighted by Crippen LogP contribution is -2.10. The number of hydrogen-bond acceptors (Lipinski definition) is 3. The van der Waals surface area contributed by atoms with E-state index in [0.717, 1.165) is 22.2 Å². The van der Waals surface area contributed by atoms with Crippen LogP contribution in [-0.2, 0) is 0 Å². The number of anilines is 1. The second-order valence-electron chi connectivity index (χ2n) is 5.36. The van der Waals surface area contributed by atoms with Gasteiger partial charge in [0.2, 0.25) is 0 Å². The molecule has 0 atom stereocenters. The number of rotatable bonds is 3. The molecular weight excluding hydrogens is 308 g/mol. The fourth-order valence-electron chi connectivity index (χ4n) is 2.54. The summed E-state index contributed by atoms with van der Waals surface area (Å²) in [6, 6.07) is 11.8. The van der Waals surface area contributed by atoms with E-state index >= 15 is 0 Å². The number of aromatic nitrogens is 2. The molecule has 4 nitrogen and oxygen atoms in total. The number of nitriles is 1. The quantitative estimate of drug-likeness (QED) is 0.676.